The lowest BCUT2D eigenvalue weighted by atomic mass is 9.91. The summed E-state index contributed by atoms with van der Waals surface area (Å²) in [5.41, 5.74) is 2.57. The SMILES string of the molecule is Cn1cc(S(=O)(=O)N2CC(c3ccc(Cl)cc3)C(c3ccccc3)=N2)cn1. The molecule has 1 aromatic heterocycles. The molecular weight excluding hydrogens is 384 g/mol. The van der Waals surface area contributed by atoms with Crippen molar-refractivity contribution >= 4 is 27.3 Å². The first-order chi connectivity index (χ1) is 12.9. The molecule has 8 heteroatoms. The summed E-state index contributed by atoms with van der Waals surface area (Å²) in [4.78, 5) is 0.123. The summed E-state index contributed by atoms with van der Waals surface area (Å²) in [7, 11) is -2.09. The molecular formula is C19H17ClN4O2S. The van der Waals surface area contributed by atoms with Crippen LogP contribution in [0.1, 0.15) is 17.0 Å². The second-order valence-corrected chi connectivity index (χ2v) is 8.59. The van der Waals surface area contributed by atoms with Crippen LogP contribution >= 0.6 is 11.6 Å². The van der Waals surface area contributed by atoms with Crippen LogP contribution in [0.4, 0.5) is 0 Å². The molecule has 0 saturated carbocycles. The van der Waals surface area contributed by atoms with Gasteiger partial charge in [0.2, 0.25) is 0 Å². The number of sulfonamides is 1. The van der Waals surface area contributed by atoms with Gasteiger partial charge in [0.15, 0.2) is 0 Å². The van der Waals surface area contributed by atoms with Crippen LogP contribution in [0.25, 0.3) is 0 Å². The minimum Gasteiger partial charge on any atom is -0.274 e. The van der Waals surface area contributed by atoms with Crippen molar-refractivity contribution in [2.75, 3.05) is 6.54 Å². The molecule has 1 aliphatic rings. The van der Waals surface area contributed by atoms with Gasteiger partial charge in [0.1, 0.15) is 4.90 Å². The van der Waals surface area contributed by atoms with Gasteiger partial charge in [-0.15, -0.1) is 0 Å². The quantitative estimate of drug-likeness (QED) is 0.675. The molecule has 2 heterocycles. The number of hydrazone groups is 1. The zero-order valence-electron chi connectivity index (χ0n) is 14.5. The second kappa shape index (κ2) is 6.83. The fourth-order valence-electron chi connectivity index (χ4n) is 3.11. The Morgan fingerprint density at radius 2 is 1.78 bits per heavy atom. The average Bonchev–Trinajstić information content (AvgIpc) is 3.30. The maximum absolute atomic E-state index is 13.0. The summed E-state index contributed by atoms with van der Waals surface area (Å²) >= 11 is 6.01. The fraction of sp³-hybridized carbons (Fsp3) is 0.158. The third-order valence-electron chi connectivity index (χ3n) is 4.49. The molecule has 0 saturated heterocycles. The van der Waals surface area contributed by atoms with E-state index >= 15 is 0 Å². The molecule has 2 aromatic carbocycles. The first kappa shape index (κ1) is 17.8. The molecule has 0 fully saturated rings. The summed E-state index contributed by atoms with van der Waals surface area (Å²) in [6.07, 6.45) is 2.81. The maximum Gasteiger partial charge on any atom is 0.282 e. The minimum absolute atomic E-state index is 0.123. The Morgan fingerprint density at radius 1 is 1.07 bits per heavy atom. The molecule has 1 unspecified atom stereocenters. The molecule has 0 spiro atoms. The third kappa shape index (κ3) is 3.36. The first-order valence-electron chi connectivity index (χ1n) is 8.36. The van der Waals surface area contributed by atoms with Crippen molar-refractivity contribution in [2.45, 2.75) is 10.8 Å². The van der Waals surface area contributed by atoms with Crippen LogP contribution in [-0.4, -0.2) is 34.9 Å². The first-order valence-corrected chi connectivity index (χ1v) is 10.2. The number of halogens is 1. The van der Waals surface area contributed by atoms with Gasteiger partial charge < -0.3 is 0 Å². The van der Waals surface area contributed by atoms with Gasteiger partial charge in [-0.2, -0.15) is 23.0 Å². The molecule has 27 heavy (non-hydrogen) atoms. The summed E-state index contributed by atoms with van der Waals surface area (Å²) in [5.74, 6) is -0.184. The molecule has 6 nitrogen and oxygen atoms in total. The van der Waals surface area contributed by atoms with Crippen molar-refractivity contribution in [1.29, 1.82) is 0 Å². The molecule has 4 rings (SSSR count). The Bertz CT molecular complexity index is 1090. The topological polar surface area (TPSA) is 67.6 Å². The molecule has 138 valence electrons. The fourth-order valence-corrected chi connectivity index (χ4v) is 4.48. The van der Waals surface area contributed by atoms with E-state index in [0.29, 0.717) is 10.7 Å². The Balaban J connectivity index is 1.77. The van der Waals surface area contributed by atoms with Crippen LogP contribution in [0.2, 0.25) is 5.02 Å². The second-order valence-electron chi connectivity index (χ2n) is 6.31. The Kier molecular flexibility index (Phi) is 4.49. The van der Waals surface area contributed by atoms with Crippen LogP contribution in [0.3, 0.4) is 0 Å². The smallest absolute Gasteiger partial charge is 0.274 e. The largest absolute Gasteiger partial charge is 0.282 e. The van der Waals surface area contributed by atoms with Crippen molar-refractivity contribution in [3.8, 4) is 0 Å². The van der Waals surface area contributed by atoms with Gasteiger partial charge in [0.05, 0.1) is 18.5 Å². The van der Waals surface area contributed by atoms with E-state index in [-0.39, 0.29) is 17.4 Å². The van der Waals surface area contributed by atoms with E-state index in [4.69, 9.17) is 11.6 Å². The summed E-state index contributed by atoms with van der Waals surface area (Å²) in [6.45, 7) is 0.225. The van der Waals surface area contributed by atoms with Crippen molar-refractivity contribution in [2.24, 2.45) is 12.1 Å². The molecule has 1 atom stereocenters. The molecule has 0 radical (unpaired) electrons. The summed E-state index contributed by atoms with van der Waals surface area (Å²) in [5, 5.41) is 9.09. The predicted molar refractivity (Wildman–Crippen MR) is 104 cm³/mol. The van der Waals surface area contributed by atoms with Gasteiger partial charge in [-0.1, -0.05) is 54.1 Å². The number of benzene rings is 2. The maximum atomic E-state index is 13.0. The molecule has 0 amide bonds. The lowest BCUT2D eigenvalue weighted by Crippen LogP contribution is -2.25. The highest BCUT2D eigenvalue weighted by Gasteiger charge is 2.36. The molecule has 0 aliphatic carbocycles. The summed E-state index contributed by atoms with van der Waals surface area (Å²) < 4.78 is 28.6. The van der Waals surface area contributed by atoms with Crippen LogP contribution < -0.4 is 0 Å². The van der Waals surface area contributed by atoms with Crippen LogP contribution in [0, 0.1) is 0 Å². The summed E-state index contributed by atoms with van der Waals surface area (Å²) in [6, 6.07) is 17.0. The number of aromatic nitrogens is 2. The Hall–Kier alpha value is -2.64. The standard InChI is InChI=1S/C19H17ClN4O2S/c1-23-12-17(11-21-23)27(25,26)24-13-18(14-7-9-16(20)10-8-14)19(22-24)15-5-3-2-4-6-15/h2-12,18H,13H2,1H3. The van der Waals surface area contributed by atoms with E-state index in [0.717, 1.165) is 15.5 Å². The van der Waals surface area contributed by atoms with E-state index in [1.807, 2.05) is 42.5 Å². The number of rotatable bonds is 4. The Morgan fingerprint density at radius 3 is 2.41 bits per heavy atom. The van der Waals surface area contributed by atoms with E-state index in [2.05, 4.69) is 10.2 Å². The van der Waals surface area contributed by atoms with Gasteiger partial charge in [-0.25, -0.2) is 0 Å². The van der Waals surface area contributed by atoms with Crippen molar-refractivity contribution in [1.82, 2.24) is 14.2 Å². The predicted octanol–water partition coefficient (Wildman–Crippen LogP) is 3.27. The van der Waals surface area contributed by atoms with Crippen LogP contribution in [-0.2, 0) is 17.1 Å². The number of aryl methyl sites for hydroxylation is 1. The normalized spacial score (nSPS) is 17.2. The average molecular weight is 401 g/mol. The van der Waals surface area contributed by atoms with E-state index < -0.39 is 10.0 Å². The zero-order chi connectivity index (χ0) is 19.0. The monoisotopic (exact) mass is 400 g/mol. The minimum atomic E-state index is -3.77. The lowest BCUT2D eigenvalue weighted by molar-refractivity contribution is 0.451. The van der Waals surface area contributed by atoms with Crippen molar-refractivity contribution in [3.05, 3.63) is 83.1 Å². The molecule has 0 N–H and O–H groups in total. The van der Waals surface area contributed by atoms with Crippen molar-refractivity contribution < 1.29 is 8.42 Å². The molecule has 0 bridgehead atoms. The Labute approximate surface area is 162 Å². The van der Waals surface area contributed by atoms with Gasteiger partial charge in [0.25, 0.3) is 10.0 Å². The highest BCUT2D eigenvalue weighted by Crippen LogP contribution is 2.32. The molecule has 1 aliphatic heterocycles. The molecule has 3 aromatic rings. The van der Waals surface area contributed by atoms with Gasteiger partial charge in [-0.05, 0) is 23.3 Å². The lowest BCUT2D eigenvalue weighted by Gasteiger charge is -2.16. The van der Waals surface area contributed by atoms with Gasteiger partial charge in [-0.3, -0.25) is 4.68 Å². The number of hydrogen-bond acceptors (Lipinski definition) is 4. The number of nitrogens with zero attached hydrogens (tertiary/aromatic N) is 4. The zero-order valence-corrected chi connectivity index (χ0v) is 16.1. The number of hydrogen-bond donors (Lipinski definition) is 0. The van der Waals surface area contributed by atoms with E-state index in [1.165, 1.54) is 17.1 Å². The van der Waals surface area contributed by atoms with E-state index in [9.17, 15) is 8.42 Å². The van der Waals surface area contributed by atoms with Crippen molar-refractivity contribution in [3.63, 3.8) is 0 Å². The van der Waals surface area contributed by atoms with Crippen LogP contribution in [0.15, 0.2) is 77.0 Å². The third-order valence-corrected chi connectivity index (χ3v) is 6.33. The van der Waals surface area contributed by atoms with Gasteiger partial charge >= 0.3 is 0 Å². The van der Waals surface area contributed by atoms with Crippen LogP contribution in [0.5, 0.6) is 0 Å². The van der Waals surface area contributed by atoms with E-state index in [1.54, 1.807) is 19.2 Å². The highest BCUT2D eigenvalue weighted by molar-refractivity contribution is 7.89. The van der Waals surface area contributed by atoms with Gasteiger partial charge in [0, 0.05) is 24.2 Å². The highest BCUT2D eigenvalue weighted by atomic mass is 35.5.